The van der Waals surface area contributed by atoms with E-state index < -0.39 is 10.8 Å². The first-order valence-corrected chi connectivity index (χ1v) is 8.53. The molecule has 0 bridgehead atoms. The van der Waals surface area contributed by atoms with Crippen LogP contribution in [-0.4, -0.2) is 15.8 Å². The van der Waals surface area contributed by atoms with Crippen LogP contribution in [0.5, 0.6) is 0 Å². The van der Waals surface area contributed by atoms with Gasteiger partial charge in [0.1, 0.15) is 5.52 Å². The Morgan fingerprint density at radius 3 is 2.71 bits per heavy atom. The lowest BCUT2D eigenvalue weighted by molar-refractivity contribution is -0.384. The number of carbonyl (C=O) groups excluding carboxylic acids is 1. The van der Waals surface area contributed by atoms with E-state index in [9.17, 15) is 14.9 Å². The topological polar surface area (TPSA) is 98.3 Å². The minimum atomic E-state index is -0.535. The number of hydrogen-bond donors (Lipinski definition) is 1. The van der Waals surface area contributed by atoms with Gasteiger partial charge in [-0.2, -0.15) is 0 Å². The Morgan fingerprint density at radius 1 is 1.07 bits per heavy atom. The number of aromatic nitrogens is 1. The number of nitro benzene ring substituents is 1. The van der Waals surface area contributed by atoms with Crippen LogP contribution in [0.2, 0.25) is 0 Å². The SMILES string of the molecule is Cc1ccc2nc(-c3cccc(NC(=O)c4cccc([N+](=O)[O-])c4)c3)oc2c1. The van der Waals surface area contributed by atoms with Crippen LogP contribution in [0.15, 0.2) is 71.1 Å². The fourth-order valence-electron chi connectivity index (χ4n) is 2.85. The molecule has 1 N–H and O–H groups in total. The van der Waals surface area contributed by atoms with Crippen LogP contribution < -0.4 is 5.32 Å². The van der Waals surface area contributed by atoms with Gasteiger partial charge in [-0.25, -0.2) is 4.98 Å². The fraction of sp³-hybridized carbons (Fsp3) is 0.0476. The van der Waals surface area contributed by atoms with Crippen molar-refractivity contribution in [2.45, 2.75) is 6.92 Å². The molecule has 0 atom stereocenters. The van der Waals surface area contributed by atoms with Gasteiger partial charge < -0.3 is 9.73 Å². The van der Waals surface area contributed by atoms with Crippen LogP contribution in [0, 0.1) is 17.0 Å². The van der Waals surface area contributed by atoms with Crippen molar-refractivity contribution in [3.63, 3.8) is 0 Å². The largest absolute Gasteiger partial charge is 0.436 e. The predicted molar refractivity (Wildman–Crippen MR) is 105 cm³/mol. The molecule has 7 heteroatoms. The smallest absolute Gasteiger partial charge is 0.270 e. The van der Waals surface area contributed by atoms with Crippen molar-refractivity contribution in [2.24, 2.45) is 0 Å². The van der Waals surface area contributed by atoms with Gasteiger partial charge in [0, 0.05) is 28.9 Å². The molecule has 7 nitrogen and oxygen atoms in total. The monoisotopic (exact) mass is 373 g/mol. The van der Waals surface area contributed by atoms with Crippen LogP contribution in [0.4, 0.5) is 11.4 Å². The third kappa shape index (κ3) is 3.45. The summed E-state index contributed by atoms with van der Waals surface area (Å²) in [7, 11) is 0. The third-order valence-electron chi connectivity index (χ3n) is 4.23. The minimum Gasteiger partial charge on any atom is -0.436 e. The number of aryl methyl sites for hydroxylation is 1. The molecule has 138 valence electrons. The second-order valence-electron chi connectivity index (χ2n) is 6.33. The van der Waals surface area contributed by atoms with Gasteiger partial charge >= 0.3 is 0 Å². The average Bonchev–Trinajstić information content (AvgIpc) is 3.11. The number of rotatable bonds is 4. The minimum absolute atomic E-state index is 0.136. The molecule has 0 aliphatic heterocycles. The van der Waals surface area contributed by atoms with Crippen molar-refractivity contribution in [1.29, 1.82) is 0 Å². The number of anilines is 1. The first-order chi connectivity index (χ1) is 13.5. The number of non-ortho nitro benzene ring substituents is 1. The maximum absolute atomic E-state index is 12.4. The summed E-state index contributed by atoms with van der Waals surface area (Å²) in [6.07, 6.45) is 0. The third-order valence-corrected chi connectivity index (χ3v) is 4.23. The second kappa shape index (κ2) is 6.96. The van der Waals surface area contributed by atoms with Crippen molar-refractivity contribution >= 4 is 28.4 Å². The first-order valence-electron chi connectivity index (χ1n) is 8.53. The summed E-state index contributed by atoms with van der Waals surface area (Å²) < 4.78 is 5.82. The number of nitro groups is 1. The molecule has 0 radical (unpaired) electrons. The number of nitrogens with one attached hydrogen (secondary N) is 1. The van der Waals surface area contributed by atoms with E-state index in [2.05, 4.69) is 10.3 Å². The van der Waals surface area contributed by atoms with Gasteiger partial charge in [0.25, 0.3) is 11.6 Å². The van der Waals surface area contributed by atoms with E-state index in [1.54, 1.807) is 18.2 Å². The van der Waals surface area contributed by atoms with Crippen molar-refractivity contribution in [3.05, 3.63) is 88.0 Å². The summed E-state index contributed by atoms with van der Waals surface area (Å²) in [4.78, 5) is 27.3. The van der Waals surface area contributed by atoms with Crippen molar-refractivity contribution in [1.82, 2.24) is 4.98 Å². The molecule has 1 heterocycles. The molecule has 0 aliphatic rings. The number of fused-ring (bicyclic) bond motifs is 1. The molecule has 4 rings (SSSR count). The predicted octanol–water partition coefficient (Wildman–Crippen LogP) is 4.96. The molecule has 0 aliphatic carbocycles. The molecule has 28 heavy (non-hydrogen) atoms. The van der Waals surface area contributed by atoms with Gasteiger partial charge in [0.15, 0.2) is 5.58 Å². The van der Waals surface area contributed by atoms with Crippen molar-refractivity contribution < 1.29 is 14.1 Å². The molecule has 1 aromatic heterocycles. The summed E-state index contributed by atoms with van der Waals surface area (Å²) in [6, 6.07) is 18.4. The Labute approximate surface area is 159 Å². The van der Waals surface area contributed by atoms with Crippen molar-refractivity contribution in [2.75, 3.05) is 5.32 Å². The van der Waals surface area contributed by atoms with E-state index in [0.717, 1.165) is 11.1 Å². The van der Waals surface area contributed by atoms with E-state index in [0.29, 0.717) is 22.7 Å². The summed E-state index contributed by atoms with van der Waals surface area (Å²) in [5, 5.41) is 13.6. The average molecular weight is 373 g/mol. The number of carbonyl (C=O) groups is 1. The second-order valence-corrected chi connectivity index (χ2v) is 6.33. The number of oxazole rings is 1. The highest BCUT2D eigenvalue weighted by Gasteiger charge is 2.13. The zero-order valence-electron chi connectivity index (χ0n) is 14.9. The Kier molecular flexibility index (Phi) is 4.33. The fourth-order valence-corrected chi connectivity index (χ4v) is 2.85. The van der Waals surface area contributed by atoms with E-state index in [1.807, 2.05) is 31.2 Å². The lowest BCUT2D eigenvalue weighted by Crippen LogP contribution is -2.12. The van der Waals surface area contributed by atoms with E-state index in [1.165, 1.54) is 24.3 Å². The molecule has 0 unspecified atom stereocenters. The van der Waals surface area contributed by atoms with Gasteiger partial charge in [-0.3, -0.25) is 14.9 Å². The standard InChI is InChI=1S/C21H15N3O4/c1-13-8-9-18-19(10-13)28-21(23-18)15-5-2-6-16(11-15)22-20(25)14-4-3-7-17(12-14)24(26)27/h2-12H,1H3,(H,22,25). The molecule has 1 amide bonds. The number of hydrogen-bond acceptors (Lipinski definition) is 5. The molecular formula is C21H15N3O4. The maximum Gasteiger partial charge on any atom is 0.270 e. The molecular weight excluding hydrogens is 358 g/mol. The molecule has 4 aromatic rings. The van der Waals surface area contributed by atoms with Gasteiger partial charge in [0.2, 0.25) is 5.89 Å². The lowest BCUT2D eigenvalue weighted by Gasteiger charge is -2.06. The van der Waals surface area contributed by atoms with E-state index >= 15 is 0 Å². The van der Waals surface area contributed by atoms with Crippen LogP contribution in [0.1, 0.15) is 15.9 Å². The summed E-state index contributed by atoms with van der Waals surface area (Å²) in [5.41, 5.74) is 3.85. The highest BCUT2D eigenvalue weighted by atomic mass is 16.6. The number of nitrogens with zero attached hydrogens (tertiary/aromatic N) is 2. The molecule has 0 fully saturated rings. The van der Waals surface area contributed by atoms with E-state index in [-0.39, 0.29) is 11.3 Å². The summed E-state index contributed by atoms with van der Waals surface area (Å²) in [6.45, 7) is 1.98. The van der Waals surface area contributed by atoms with Crippen LogP contribution in [0.25, 0.3) is 22.6 Å². The van der Waals surface area contributed by atoms with Gasteiger partial charge in [-0.1, -0.05) is 18.2 Å². The molecule has 0 saturated heterocycles. The van der Waals surface area contributed by atoms with Gasteiger partial charge in [0.05, 0.1) is 4.92 Å². The highest BCUT2D eigenvalue weighted by Crippen LogP contribution is 2.27. The van der Waals surface area contributed by atoms with Gasteiger partial charge in [-0.15, -0.1) is 0 Å². The molecule has 3 aromatic carbocycles. The lowest BCUT2D eigenvalue weighted by atomic mass is 10.1. The Hall–Kier alpha value is -4.00. The molecule has 0 saturated carbocycles. The van der Waals surface area contributed by atoms with Crippen molar-refractivity contribution in [3.8, 4) is 11.5 Å². The Balaban J connectivity index is 1.60. The Bertz CT molecular complexity index is 1210. The highest BCUT2D eigenvalue weighted by molar-refractivity contribution is 6.04. The van der Waals surface area contributed by atoms with Crippen LogP contribution in [0.3, 0.4) is 0 Å². The van der Waals surface area contributed by atoms with E-state index in [4.69, 9.17) is 4.42 Å². The first kappa shape index (κ1) is 17.4. The Morgan fingerprint density at radius 2 is 1.89 bits per heavy atom. The normalized spacial score (nSPS) is 10.8. The summed E-state index contributed by atoms with van der Waals surface area (Å²) in [5.74, 6) is 0.0149. The summed E-state index contributed by atoms with van der Waals surface area (Å²) >= 11 is 0. The zero-order valence-corrected chi connectivity index (χ0v) is 14.9. The maximum atomic E-state index is 12.4. The van der Waals surface area contributed by atoms with Crippen LogP contribution in [-0.2, 0) is 0 Å². The van der Waals surface area contributed by atoms with Gasteiger partial charge in [-0.05, 0) is 48.9 Å². The quantitative estimate of drug-likeness (QED) is 0.402. The molecule has 0 spiro atoms. The number of amides is 1. The number of benzene rings is 3. The van der Waals surface area contributed by atoms with Crippen LogP contribution >= 0.6 is 0 Å². The zero-order chi connectivity index (χ0) is 19.7.